The summed E-state index contributed by atoms with van der Waals surface area (Å²) in [5.41, 5.74) is 2.35. The van der Waals surface area contributed by atoms with Crippen LogP contribution in [0, 0.1) is 0 Å². The molecule has 0 unspecified atom stereocenters. The van der Waals surface area contributed by atoms with Crippen LogP contribution in [0.3, 0.4) is 0 Å². The first-order valence-corrected chi connectivity index (χ1v) is 5.77. The van der Waals surface area contributed by atoms with Crippen molar-refractivity contribution in [2.45, 2.75) is 6.42 Å². The van der Waals surface area contributed by atoms with Gasteiger partial charge in [0.2, 0.25) is 0 Å². The van der Waals surface area contributed by atoms with Crippen molar-refractivity contribution in [3.05, 3.63) is 56.6 Å². The van der Waals surface area contributed by atoms with E-state index in [1.165, 1.54) is 6.08 Å². The molecule has 1 aliphatic carbocycles. The van der Waals surface area contributed by atoms with Gasteiger partial charge in [0.1, 0.15) is 4.49 Å². The molecular weight excluding hydrogens is 266 g/mol. The van der Waals surface area contributed by atoms with Crippen LogP contribution in [0.4, 0.5) is 0 Å². The van der Waals surface area contributed by atoms with Crippen LogP contribution in [0.2, 0.25) is 0 Å². The Kier molecular flexibility index (Phi) is 3.38. The van der Waals surface area contributed by atoms with Crippen LogP contribution in [-0.4, -0.2) is 5.78 Å². The maximum atomic E-state index is 11.9. The summed E-state index contributed by atoms with van der Waals surface area (Å²) >= 11 is 16.8. The van der Waals surface area contributed by atoms with Gasteiger partial charge in [0.05, 0.1) is 5.03 Å². The van der Waals surface area contributed by atoms with E-state index in [9.17, 15) is 4.79 Å². The second-order valence-corrected chi connectivity index (χ2v) is 4.80. The molecule has 16 heavy (non-hydrogen) atoms. The number of hydrogen-bond acceptors (Lipinski definition) is 1. The predicted octanol–water partition coefficient (Wildman–Crippen LogP) is 4.24. The number of fused-ring (bicyclic) bond motifs is 1. The van der Waals surface area contributed by atoms with Crippen LogP contribution in [0.15, 0.2) is 45.4 Å². The van der Waals surface area contributed by atoms with Crippen molar-refractivity contribution in [3.63, 3.8) is 0 Å². The Hall–Kier alpha value is -0.760. The minimum absolute atomic E-state index is 0.0108. The van der Waals surface area contributed by atoms with E-state index in [1.807, 2.05) is 18.2 Å². The average molecular weight is 274 g/mol. The highest BCUT2D eigenvalue weighted by molar-refractivity contribution is 6.59. The van der Waals surface area contributed by atoms with E-state index in [4.69, 9.17) is 34.8 Å². The Balaban J connectivity index is 2.40. The molecule has 2 rings (SSSR count). The molecule has 0 bridgehead atoms. The Labute approximate surface area is 108 Å². The third-order valence-electron chi connectivity index (χ3n) is 2.42. The SMILES string of the molecule is O=C1/C(=C/C(Cl)=C(Cl)Cl)Cc2ccccc21. The Morgan fingerprint density at radius 3 is 2.50 bits per heavy atom. The highest BCUT2D eigenvalue weighted by atomic mass is 35.5. The number of carbonyl (C=O) groups excluding carboxylic acids is 1. The molecule has 0 atom stereocenters. The van der Waals surface area contributed by atoms with E-state index >= 15 is 0 Å². The number of ketones is 1. The number of Topliss-reactive ketones (excluding diaryl/α,β-unsaturated/α-hetero) is 1. The van der Waals surface area contributed by atoms with Gasteiger partial charge >= 0.3 is 0 Å². The van der Waals surface area contributed by atoms with Crippen LogP contribution in [0.1, 0.15) is 15.9 Å². The predicted molar refractivity (Wildman–Crippen MR) is 67.1 cm³/mol. The van der Waals surface area contributed by atoms with Gasteiger partial charge in [-0.2, -0.15) is 0 Å². The average Bonchev–Trinajstić information content (AvgIpc) is 2.56. The number of halogens is 3. The maximum Gasteiger partial charge on any atom is 0.189 e. The fraction of sp³-hybridized carbons (Fsp3) is 0.0833. The molecule has 0 amide bonds. The van der Waals surface area contributed by atoms with Crippen molar-refractivity contribution >= 4 is 40.6 Å². The van der Waals surface area contributed by atoms with E-state index in [0.29, 0.717) is 12.0 Å². The number of benzene rings is 1. The van der Waals surface area contributed by atoms with Gasteiger partial charge in [-0.25, -0.2) is 0 Å². The summed E-state index contributed by atoms with van der Waals surface area (Å²) in [6, 6.07) is 7.47. The quantitative estimate of drug-likeness (QED) is 0.700. The Morgan fingerprint density at radius 1 is 1.19 bits per heavy atom. The molecule has 0 saturated carbocycles. The largest absolute Gasteiger partial charge is 0.289 e. The summed E-state index contributed by atoms with van der Waals surface area (Å²) in [4.78, 5) is 11.9. The molecule has 0 spiro atoms. The standard InChI is InChI=1S/C12H7Cl3O/c13-10(12(14)15)6-8-5-7-3-1-2-4-9(7)11(8)16/h1-4,6H,5H2/b8-6+. The van der Waals surface area contributed by atoms with Crippen molar-refractivity contribution in [1.29, 1.82) is 0 Å². The zero-order chi connectivity index (χ0) is 11.7. The molecule has 82 valence electrons. The molecule has 1 aromatic rings. The van der Waals surface area contributed by atoms with Gasteiger partial charge in [-0.3, -0.25) is 4.79 Å². The van der Waals surface area contributed by atoms with Crippen molar-refractivity contribution in [2.24, 2.45) is 0 Å². The Bertz CT molecular complexity index is 511. The van der Waals surface area contributed by atoms with E-state index in [2.05, 4.69) is 0 Å². The first-order chi connectivity index (χ1) is 7.59. The number of hydrogen-bond donors (Lipinski definition) is 0. The number of carbonyl (C=O) groups is 1. The summed E-state index contributed by atoms with van der Waals surface area (Å²) in [5.74, 6) is -0.0108. The molecule has 0 aromatic heterocycles. The summed E-state index contributed by atoms with van der Waals surface area (Å²) in [5, 5.41) is 0.194. The zero-order valence-corrected chi connectivity index (χ0v) is 10.4. The maximum absolute atomic E-state index is 11.9. The lowest BCUT2D eigenvalue weighted by molar-refractivity contribution is 0.103. The van der Waals surface area contributed by atoms with E-state index in [0.717, 1.165) is 11.1 Å². The van der Waals surface area contributed by atoms with Gasteiger partial charge < -0.3 is 0 Å². The minimum atomic E-state index is -0.0297. The van der Waals surface area contributed by atoms with Gasteiger partial charge in [-0.05, 0) is 11.6 Å². The monoisotopic (exact) mass is 272 g/mol. The molecule has 0 heterocycles. The second kappa shape index (κ2) is 4.62. The first-order valence-electron chi connectivity index (χ1n) is 4.63. The fourth-order valence-electron chi connectivity index (χ4n) is 1.68. The molecule has 0 N–H and O–H groups in total. The zero-order valence-electron chi connectivity index (χ0n) is 8.14. The Morgan fingerprint density at radius 2 is 1.88 bits per heavy atom. The molecule has 4 heteroatoms. The van der Waals surface area contributed by atoms with Gasteiger partial charge in [-0.1, -0.05) is 59.1 Å². The van der Waals surface area contributed by atoms with Crippen LogP contribution >= 0.6 is 34.8 Å². The number of rotatable bonds is 1. The van der Waals surface area contributed by atoms with E-state index < -0.39 is 0 Å². The summed E-state index contributed by atoms with van der Waals surface area (Å²) in [6.45, 7) is 0. The summed E-state index contributed by atoms with van der Waals surface area (Å²) in [7, 11) is 0. The first kappa shape index (κ1) is 11.7. The number of allylic oxidation sites excluding steroid dienone is 3. The molecule has 1 aliphatic rings. The molecule has 0 aliphatic heterocycles. The fourth-order valence-corrected chi connectivity index (χ4v) is 1.92. The minimum Gasteiger partial charge on any atom is -0.289 e. The third kappa shape index (κ3) is 2.17. The highest BCUT2D eigenvalue weighted by Crippen LogP contribution is 2.29. The normalized spacial score (nSPS) is 16.4. The van der Waals surface area contributed by atoms with Crippen molar-refractivity contribution in [1.82, 2.24) is 0 Å². The molecule has 0 saturated heterocycles. The van der Waals surface area contributed by atoms with Crippen molar-refractivity contribution in [2.75, 3.05) is 0 Å². The van der Waals surface area contributed by atoms with Gasteiger partial charge in [0.15, 0.2) is 5.78 Å². The molecule has 1 aromatic carbocycles. The third-order valence-corrected chi connectivity index (χ3v) is 3.31. The van der Waals surface area contributed by atoms with Crippen LogP contribution in [0.25, 0.3) is 0 Å². The van der Waals surface area contributed by atoms with Crippen molar-refractivity contribution in [3.8, 4) is 0 Å². The lowest BCUT2D eigenvalue weighted by Gasteiger charge is -1.94. The highest BCUT2D eigenvalue weighted by Gasteiger charge is 2.24. The molecular formula is C12H7Cl3O. The van der Waals surface area contributed by atoms with Crippen LogP contribution < -0.4 is 0 Å². The van der Waals surface area contributed by atoms with Gasteiger partial charge in [-0.15, -0.1) is 0 Å². The molecule has 0 fully saturated rings. The van der Waals surface area contributed by atoms with E-state index in [1.54, 1.807) is 6.07 Å². The summed E-state index contributed by atoms with van der Waals surface area (Å²) in [6.07, 6.45) is 2.10. The van der Waals surface area contributed by atoms with Crippen LogP contribution in [0.5, 0.6) is 0 Å². The van der Waals surface area contributed by atoms with E-state index in [-0.39, 0.29) is 15.3 Å². The topological polar surface area (TPSA) is 17.1 Å². The lowest BCUT2D eigenvalue weighted by Crippen LogP contribution is -1.95. The molecule has 0 radical (unpaired) electrons. The van der Waals surface area contributed by atoms with Crippen molar-refractivity contribution < 1.29 is 4.79 Å². The summed E-state index contributed by atoms with van der Waals surface area (Å²) < 4.78 is -0.0297. The van der Waals surface area contributed by atoms with Gasteiger partial charge in [0.25, 0.3) is 0 Å². The van der Waals surface area contributed by atoms with Gasteiger partial charge in [0, 0.05) is 17.6 Å². The second-order valence-electron chi connectivity index (χ2n) is 3.44. The lowest BCUT2D eigenvalue weighted by atomic mass is 10.1. The van der Waals surface area contributed by atoms with Crippen LogP contribution in [-0.2, 0) is 6.42 Å². The molecule has 1 nitrogen and oxygen atoms in total. The smallest absolute Gasteiger partial charge is 0.189 e.